The van der Waals surface area contributed by atoms with Gasteiger partial charge in [0.2, 0.25) is 11.8 Å². The van der Waals surface area contributed by atoms with Crippen LogP contribution in [0.5, 0.6) is 0 Å². The molecular weight excluding hydrogens is 366 g/mol. The SMILES string of the molecule is O=C1CCC(Nc2ccc(N3CC4(CN(CC5CCNCC5)C4)C3)cc2)C(=O)N1. The molecule has 0 saturated carbocycles. The molecule has 4 saturated heterocycles. The highest BCUT2D eigenvalue weighted by molar-refractivity contribution is 6.01. The van der Waals surface area contributed by atoms with E-state index in [-0.39, 0.29) is 17.9 Å². The molecule has 156 valence electrons. The molecule has 2 amide bonds. The fourth-order valence-electron chi connectivity index (χ4n) is 5.41. The maximum absolute atomic E-state index is 11.9. The van der Waals surface area contributed by atoms with Crippen LogP contribution in [0.1, 0.15) is 25.7 Å². The molecule has 4 heterocycles. The molecule has 4 aliphatic heterocycles. The van der Waals surface area contributed by atoms with E-state index in [1.807, 2.05) is 12.1 Å². The minimum Gasteiger partial charge on any atom is -0.374 e. The molecule has 0 radical (unpaired) electrons. The van der Waals surface area contributed by atoms with E-state index in [9.17, 15) is 9.59 Å². The molecule has 4 aliphatic rings. The van der Waals surface area contributed by atoms with Crippen molar-refractivity contribution in [3.05, 3.63) is 24.3 Å². The third-order valence-electron chi connectivity index (χ3n) is 6.96. The van der Waals surface area contributed by atoms with E-state index in [1.165, 1.54) is 51.3 Å². The zero-order valence-corrected chi connectivity index (χ0v) is 17.0. The van der Waals surface area contributed by atoms with Crippen LogP contribution >= 0.6 is 0 Å². The summed E-state index contributed by atoms with van der Waals surface area (Å²) in [7, 11) is 0. The number of anilines is 2. The Morgan fingerprint density at radius 2 is 1.72 bits per heavy atom. The van der Waals surface area contributed by atoms with Gasteiger partial charge in [0.05, 0.1) is 0 Å². The zero-order valence-electron chi connectivity index (χ0n) is 17.0. The molecular formula is C22H31N5O2. The van der Waals surface area contributed by atoms with E-state index in [1.54, 1.807) is 0 Å². The number of amides is 2. The van der Waals surface area contributed by atoms with Gasteiger partial charge in [-0.3, -0.25) is 14.9 Å². The summed E-state index contributed by atoms with van der Waals surface area (Å²) in [6, 6.07) is 8.01. The van der Waals surface area contributed by atoms with Gasteiger partial charge in [0, 0.05) is 55.9 Å². The monoisotopic (exact) mass is 397 g/mol. The van der Waals surface area contributed by atoms with Gasteiger partial charge in [0.25, 0.3) is 0 Å². The first kappa shape index (κ1) is 18.9. The number of carbonyl (C=O) groups is 2. The first-order chi connectivity index (χ1) is 14.1. The number of hydrogen-bond acceptors (Lipinski definition) is 6. The molecule has 7 nitrogen and oxygen atoms in total. The van der Waals surface area contributed by atoms with Crippen molar-refractivity contribution in [3.8, 4) is 0 Å². The third-order valence-corrected chi connectivity index (χ3v) is 6.96. The van der Waals surface area contributed by atoms with Gasteiger partial charge in [-0.05, 0) is 62.5 Å². The van der Waals surface area contributed by atoms with Crippen molar-refractivity contribution in [2.75, 3.05) is 56.0 Å². The van der Waals surface area contributed by atoms with Gasteiger partial charge >= 0.3 is 0 Å². The first-order valence-corrected chi connectivity index (χ1v) is 11.0. The van der Waals surface area contributed by atoms with Crippen LogP contribution in [0.15, 0.2) is 24.3 Å². The predicted octanol–water partition coefficient (Wildman–Crippen LogP) is 1.03. The lowest BCUT2D eigenvalue weighted by Gasteiger charge is -2.61. The maximum atomic E-state index is 11.9. The molecule has 1 unspecified atom stereocenters. The number of hydrogen-bond donors (Lipinski definition) is 3. The highest BCUT2D eigenvalue weighted by Gasteiger charge is 2.51. The Bertz CT molecular complexity index is 760. The molecule has 0 aromatic heterocycles. The van der Waals surface area contributed by atoms with Crippen molar-refractivity contribution in [1.82, 2.24) is 15.5 Å². The first-order valence-electron chi connectivity index (χ1n) is 11.0. The molecule has 1 aromatic carbocycles. The fraction of sp³-hybridized carbons (Fsp3) is 0.636. The number of benzene rings is 1. The Hall–Kier alpha value is -2.12. The summed E-state index contributed by atoms with van der Waals surface area (Å²) in [5, 5.41) is 9.09. The fourth-order valence-corrected chi connectivity index (χ4v) is 5.41. The van der Waals surface area contributed by atoms with E-state index in [2.05, 4.69) is 37.9 Å². The van der Waals surface area contributed by atoms with Crippen LogP contribution in [0.25, 0.3) is 0 Å². The zero-order chi connectivity index (χ0) is 19.8. The number of nitrogens with zero attached hydrogens (tertiary/aromatic N) is 2. The van der Waals surface area contributed by atoms with Crippen molar-refractivity contribution in [2.24, 2.45) is 11.3 Å². The second kappa shape index (κ2) is 7.61. The molecule has 7 heteroatoms. The van der Waals surface area contributed by atoms with Crippen LogP contribution < -0.4 is 20.9 Å². The van der Waals surface area contributed by atoms with Crippen molar-refractivity contribution in [3.63, 3.8) is 0 Å². The van der Waals surface area contributed by atoms with Crippen molar-refractivity contribution in [1.29, 1.82) is 0 Å². The largest absolute Gasteiger partial charge is 0.374 e. The van der Waals surface area contributed by atoms with E-state index in [4.69, 9.17) is 0 Å². The van der Waals surface area contributed by atoms with Crippen molar-refractivity contribution < 1.29 is 9.59 Å². The third kappa shape index (κ3) is 3.98. The minimum atomic E-state index is -0.327. The van der Waals surface area contributed by atoms with Gasteiger partial charge < -0.3 is 20.4 Å². The summed E-state index contributed by atoms with van der Waals surface area (Å²) < 4.78 is 0. The highest BCUT2D eigenvalue weighted by atomic mass is 16.2. The van der Waals surface area contributed by atoms with Gasteiger partial charge in [-0.25, -0.2) is 0 Å². The molecule has 1 atom stereocenters. The standard InChI is InChI=1S/C22H31N5O2/c28-20-6-5-19(21(29)25-20)24-17-1-3-18(4-2-17)27-14-22(15-27)12-26(13-22)11-16-7-9-23-10-8-16/h1-4,16,19,23-24H,5-15H2,(H,25,28,29). The smallest absolute Gasteiger partial charge is 0.249 e. The second-order valence-electron chi connectivity index (χ2n) is 9.41. The van der Waals surface area contributed by atoms with Crippen LogP contribution in [0, 0.1) is 11.3 Å². The average molecular weight is 398 g/mol. The summed E-state index contributed by atoms with van der Waals surface area (Å²) in [5.41, 5.74) is 2.69. The van der Waals surface area contributed by atoms with Crippen LogP contribution in [-0.2, 0) is 9.59 Å². The quantitative estimate of drug-likeness (QED) is 0.645. The minimum absolute atomic E-state index is 0.180. The Morgan fingerprint density at radius 3 is 2.41 bits per heavy atom. The molecule has 1 spiro atoms. The summed E-state index contributed by atoms with van der Waals surface area (Å²) in [6.07, 6.45) is 3.60. The Morgan fingerprint density at radius 1 is 1.00 bits per heavy atom. The molecule has 3 N–H and O–H groups in total. The lowest BCUT2D eigenvalue weighted by atomic mass is 9.72. The van der Waals surface area contributed by atoms with Gasteiger partial charge in [0.1, 0.15) is 6.04 Å². The topological polar surface area (TPSA) is 76.7 Å². The van der Waals surface area contributed by atoms with Crippen molar-refractivity contribution >= 4 is 23.2 Å². The molecule has 0 aliphatic carbocycles. The van der Waals surface area contributed by atoms with Crippen LogP contribution in [0.4, 0.5) is 11.4 Å². The van der Waals surface area contributed by atoms with E-state index in [0.29, 0.717) is 18.3 Å². The lowest BCUT2D eigenvalue weighted by molar-refractivity contribution is -0.133. The summed E-state index contributed by atoms with van der Waals surface area (Å²) in [4.78, 5) is 28.3. The van der Waals surface area contributed by atoms with Crippen LogP contribution in [0.3, 0.4) is 0 Å². The summed E-state index contributed by atoms with van der Waals surface area (Å²) in [5.74, 6) is 0.476. The number of imide groups is 1. The molecule has 5 rings (SSSR count). The van der Waals surface area contributed by atoms with Crippen LogP contribution in [0.2, 0.25) is 0 Å². The number of likely N-dealkylation sites (tertiary alicyclic amines) is 1. The molecule has 0 bridgehead atoms. The van der Waals surface area contributed by atoms with Gasteiger partial charge in [-0.15, -0.1) is 0 Å². The number of carbonyl (C=O) groups excluding carboxylic acids is 2. The molecule has 29 heavy (non-hydrogen) atoms. The predicted molar refractivity (Wildman–Crippen MR) is 113 cm³/mol. The molecule has 4 fully saturated rings. The Kier molecular flexibility index (Phi) is 4.95. The lowest BCUT2D eigenvalue weighted by Crippen LogP contribution is -2.72. The Labute approximate surface area is 172 Å². The summed E-state index contributed by atoms with van der Waals surface area (Å²) >= 11 is 0. The van der Waals surface area contributed by atoms with Crippen LogP contribution in [-0.4, -0.2) is 68.6 Å². The van der Waals surface area contributed by atoms with Gasteiger partial charge in [0.15, 0.2) is 0 Å². The van der Waals surface area contributed by atoms with Gasteiger partial charge in [-0.2, -0.15) is 0 Å². The Balaban J connectivity index is 1.08. The summed E-state index contributed by atoms with van der Waals surface area (Å²) in [6.45, 7) is 8.46. The average Bonchev–Trinajstić information content (AvgIpc) is 2.66. The number of rotatable bonds is 5. The second-order valence-corrected chi connectivity index (χ2v) is 9.41. The van der Waals surface area contributed by atoms with E-state index < -0.39 is 0 Å². The van der Waals surface area contributed by atoms with E-state index in [0.717, 1.165) is 24.7 Å². The number of nitrogens with one attached hydrogen (secondary N) is 3. The normalized spacial score (nSPS) is 27.3. The highest BCUT2D eigenvalue weighted by Crippen LogP contribution is 2.42. The van der Waals surface area contributed by atoms with Crippen molar-refractivity contribution in [2.45, 2.75) is 31.7 Å². The maximum Gasteiger partial charge on any atom is 0.249 e. The molecule has 1 aromatic rings. The number of piperidine rings is 2. The van der Waals surface area contributed by atoms with Gasteiger partial charge in [-0.1, -0.05) is 0 Å². The van der Waals surface area contributed by atoms with E-state index >= 15 is 0 Å².